The van der Waals surface area contributed by atoms with E-state index in [1.54, 1.807) is 30.3 Å². The molecule has 0 aliphatic heterocycles. The first kappa shape index (κ1) is 24.1. The normalized spacial score (nSPS) is 16.5. The van der Waals surface area contributed by atoms with Crippen LogP contribution in [0.15, 0.2) is 51.3 Å². The van der Waals surface area contributed by atoms with Gasteiger partial charge in [0.1, 0.15) is 5.76 Å². The van der Waals surface area contributed by atoms with Gasteiger partial charge in [0, 0.05) is 18.4 Å². The third-order valence-electron chi connectivity index (χ3n) is 5.07. The number of allylic oxidation sites excluding steroid dienone is 2. The van der Waals surface area contributed by atoms with Gasteiger partial charge in [-0.25, -0.2) is 4.79 Å². The fourth-order valence-electron chi connectivity index (χ4n) is 3.75. The van der Waals surface area contributed by atoms with E-state index in [0.717, 1.165) is 13.1 Å². The number of carbonyl (C=O) groups excluding carboxylic acids is 1. The summed E-state index contributed by atoms with van der Waals surface area (Å²) >= 11 is 0. The summed E-state index contributed by atoms with van der Waals surface area (Å²) in [5.74, 6) is -2.01. The average molecular weight is 430 g/mol. The molecule has 2 aromatic rings. The van der Waals surface area contributed by atoms with E-state index in [2.05, 4.69) is 29.1 Å². The molecule has 0 saturated carbocycles. The molecule has 0 spiro atoms. The molecule has 1 atom stereocenters. The van der Waals surface area contributed by atoms with Crippen molar-refractivity contribution in [3.63, 3.8) is 0 Å². The lowest BCUT2D eigenvalue weighted by atomic mass is 9.71. The van der Waals surface area contributed by atoms with Gasteiger partial charge in [0.25, 0.3) is 5.56 Å². The number of benzene rings is 1. The lowest BCUT2D eigenvalue weighted by Crippen LogP contribution is -2.32. The SMILES string of the molecule is CC1(C)CC(=O)C(C(c2ccccc2)c2c(O)[nH]c(=O)[nH]c2=O)=C(O)C1.CCNCC. The molecule has 1 heterocycles. The third kappa shape index (κ3) is 5.95. The van der Waals surface area contributed by atoms with E-state index < -0.39 is 28.5 Å². The number of hydrogen-bond donors (Lipinski definition) is 5. The summed E-state index contributed by atoms with van der Waals surface area (Å²) < 4.78 is 0. The van der Waals surface area contributed by atoms with Gasteiger partial charge in [-0.2, -0.15) is 0 Å². The van der Waals surface area contributed by atoms with E-state index in [9.17, 15) is 24.6 Å². The standard InChI is InChI=1S/C19H20N2O5.C4H11N/c1-19(2)8-11(22)14(12(23)9-19)13(10-6-4-3-5-7-10)15-16(24)20-18(26)21-17(15)25;1-3-5-4-2/h3-7,13,22H,8-9H2,1-2H3,(H3,20,21,24,25,26);5H,3-4H2,1-2H3. The number of aromatic hydroxyl groups is 1. The van der Waals surface area contributed by atoms with E-state index in [1.165, 1.54) is 0 Å². The van der Waals surface area contributed by atoms with Gasteiger partial charge in [-0.05, 0) is 24.1 Å². The largest absolute Gasteiger partial charge is 0.512 e. The number of Topliss-reactive ketones (excluding diaryl/α,β-unsaturated/α-hetero) is 1. The van der Waals surface area contributed by atoms with Gasteiger partial charge in [-0.15, -0.1) is 0 Å². The van der Waals surface area contributed by atoms with Gasteiger partial charge in [0.05, 0.1) is 11.5 Å². The van der Waals surface area contributed by atoms with Crippen molar-refractivity contribution in [1.82, 2.24) is 15.3 Å². The van der Waals surface area contributed by atoms with Crippen molar-refractivity contribution in [2.24, 2.45) is 5.41 Å². The number of rotatable bonds is 5. The highest BCUT2D eigenvalue weighted by molar-refractivity contribution is 5.99. The fourth-order valence-corrected chi connectivity index (χ4v) is 3.75. The highest BCUT2D eigenvalue weighted by Gasteiger charge is 2.39. The van der Waals surface area contributed by atoms with Gasteiger partial charge in [0.15, 0.2) is 5.78 Å². The highest BCUT2D eigenvalue weighted by atomic mass is 16.3. The molecule has 8 nitrogen and oxygen atoms in total. The Bertz CT molecular complexity index is 1050. The predicted molar refractivity (Wildman–Crippen MR) is 120 cm³/mol. The quantitative estimate of drug-likeness (QED) is 0.496. The first-order valence-electron chi connectivity index (χ1n) is 10.4. The summed E-state index contributed by atoms with van der Waals surface area (Å²) in [7, 11) is 0. The first-order chi connectivity index (χ1) is 14.6. The van der Waals surface area contributed by atoms with Crippen LogP contribution in [-0.2, 0) is 4.79 Å². The maximum Gasteiger partial charge on any atom is 0.328 e. The molecule has 1 aromatic carbocycles. The summed E-state index contributed by atoms with van der Waals surface area (Å²) in [5, 5.41) is 23.9. The molecule has 31 heavy (non-hydrogen) atoms. The molecule has 0 bridgehead atoms. The van der Waals surface area contributed by atoms with Gasteiger partial charge >= 0.3 is 5.69 Å². The fraction of sp³-hybridized carbons (Fsp3) is 0.435. The van der Waals surface area contributed by atoms with Crippen molar-refractivity contribution >= 4 is 5.78 Å². The number of nitrogens with one attached hydrogen (secondary N) is 3. The molecule has 0 radical (unpaired) electrons. The van der Waals surface area contributed by atoms with Gasteiger partial charge in [-0.1, -0.05) is 58.0 Å². The molecule has 0 saturated heterocycles. The maximum atomic E-state index is 12.8. The molecule has 1 unspecified atom stereocenters. The van der Waals surface area contributed by atoms with E-state index in [1.807, 2.05) is 13.8 Å². The molecular formula is C23H31N3O5. The molecule has 1 aliphatic rings. The number of ketones is 1. The lowest BCUT2D eigenvalue weighted by Gasteiger charge is -2.32. The number of aliphatic hydroxyl groups is 1. The van der Waals surface area contributed by atoms with Crippen molar-refractivity contribution in [3.05, 3.63) is 73.6 Å². The maximum absolute atomic E-state index is 12.8. The van der Waals surface area contributed by atoms with Crippen LogP contribution in [0.3, 0.4) is 0 Å². The second-order valence-corrected chi connectivity index (χ2v) is 8.27. The second-order valence-electron chi connectivity index (χ2n) is 8.27. The summed E-state index contributed by atoms with van der Waals surface area (Å²) in [5.41, 5.74) is -1.61. The number of aliphatic hydroxyl groups excluding tert-OH is 1. The minimum atomic E-state index is -0.986. The first-order valence-corrected chi connectivity index (χ1v) is 10.4. The Balaban J connectivity index is 0.000000614. The van der Waals surface area contributed by atoms with Gasteiger partial charge in [0.2, 0.25) is 5.88 Å². The van der Waals surface area contributed by atoms with E-state index in [0.29, 0.717) is 5.56 Å². The number of hydrogen-bond acceptors (Lipinski definition) is 6. The van der Waals surface area contributed by atoms with Crippen molar-refractivity contribution in [2.75, 3.05) is 13.1 Å². The van der Waals surface area contributed by atoms with Crippen LogP contribution in [0.4, 0.5) is 0 Å². The molecule has 3 rings (SSSR count). The number of carbonyl (C=O) groups is 1. The number of H-pyrrole nitrogens is 2. The smallest absolute Gasteiger partial charge is 0.328 e. The van der Waals surface area contributed by atoms with Crippen molar-refractivity contribution in [3.8, 4) is 5.88 Å². The Hall–Kier alpha value is -3.13. The van der Waals surface area contributed by atoms with Crippen LogP contribution >= 0.6 is 0 Å². The zero-order valence-corrected chi connectivity index (χ0v) is 18.4. The molecule has 1 aliphatic carbocycles. The average Bonchev–Trinajstić information content (AvgIpc) is 2.66. The van der Waals surface area contributed by atoms with Crippen LogP contribution in [0.2, 0.25) is 0 Å². The van der Waals surface area contributed by atoms with Crippen LogP contribution < -0.4 is 16.6 Å². The topological polar surface area (TPSA) is 135 Å². The molecular weight excluding hydrogens is 398 g/mol. The predicted octanol–water partition coefficient (Wildman–Crippen LogP) is 2.72. The van der Waals surface area contributed by atoms with E-state index in [4.69, 9.17) is 0 Å². The lowest BCUT2D eigenvalue weighted by molar-refractivity contribution is -0.118. The number of aromatic nitrogens is 2. The minimum Gasteiger partial charge on any atom is -0.512 e. The summed E-state index contributed by atoms with van der Waals surface area (Å²) in [4.78, 5) is 40.9. The molecule has 0 amide bonds. The summed E-state index contributed by atoms with van der Waals surface area (Å²) in [6.07, 6.45) is 0.483. The molecule has 8 heteroatoms. The van der Waals surface area contributed by atoms with Crippen molar-refractivity contribution in [2.45, 2.75) is 46.5 Å². The van der Waals surface area contributed by atoms with Crippen LogP contribution in [0.25, 0.3) is 0 Å². The number of aromatic amines is 2. The van der Waals surface area contributed by atoms with Crippen LogP contribution in [0, 0.1) is 5.41 Å². The minimum absolute atomic E-state index is 0.0726. The van der Waals surface area contributed by atoms with Crippen LogP contribution in [-0.4, -0.2) is 39.1 Å². The highest BCUT2D eigenvalue weighted by Crippen LogP contribution is 2.43. The zero-order valence-electron chi connectivity index (χ0n) is 18.4. The third-order valence-corrected chi connectivity index (χ3v) is 5.07. The Labute approximate surface area is 181 Å². The van der Waals surface area contributed by atoms with Gasteiger partial charge < -0.3 is 15.5 Å². The van der Waals surface area contributed by atoms with E-state index >= 15 is 0 Å². The van der Waals surface area contributed by atoms with Gasteiger partial charge in [-0.3, -0.25) is 19.6 Å². The Kier molecular flexibility index (Phi) is 7.99. The molecule has 168 valence electrons. The molecule has 1 aromatic heterocycles. The summed E-state index contributed by atoms with van der Waals surface area (Å²) in [6, 6.07) is 8.63. The summed E-state index contributed by atoms with van der Waals surface area (Å²) in [6.45, 7) is 10.1. The Morgan fingerprint density at radius 3 is 2.10 bits per heavy atom. The zero-order chi connectivity index (χ0) is 23.2. The van der Waals surface area contributed by atoms with Crippen LogP contribution in [0.1, 0.15) is 57.6 Å². The Morgan fingerprint density at radius 2 is 1.61 bits per heavy atom. The van der Waals surface area contributed by atoms with Crippen molar-refractivity contribution in [1.29, 1.82) is 0 Å². The molecule has 0 fully saturated rings. The monoisotopic (exact) mass is 429 g/mol. The van der Waals surface area contributed by atoms with Crippen molar-refractivity contribution < 1.29 is 15.0 Å². The van der Waals surface area contributed by atoms with E-state index in [-0.39, 0.29) is 35.5 Å². The van der Waals surface area contributed by atoms with Crippen LogP contribution in [0.5, 0.6) is 5.88 Å². The second kappa shape index (κ2) is 10.3. The Morgan fingerprint density at radius 1 is 1.00 bits per heavy atom. The molecule has 5 N–H and O–H groups in total.